The Balaban J connectivity index is 2.13. The van der Waals surface area contributed by atoms with Crippen LogP contribution < -0.4 is 9.46 Å². The number of carbonyl (C=O) groups excluding carboxylic acids is 2. The Kier molecular flexibility index (Phi) is 6.70. The molecule has 0 aliphatic heterocycles. The van der Waals surface area contributed by atoms with Crippen molar-refractivity contribution < 1.29 is 27.5 Å². The minimum Gasteiger partial charge on any atom is -0.497 e. The van der Waals surface area contributed by atoms with Crippen LogP contribution in [0.5, 0.6) is 5.75 Å². The molecule has 27 heavy (non-hydrogen) atoms. The first-order valence-electron chi connectivity index (χ1n) is 8.27. The number of hydrogen-bond acceptors (Lipinski definition) is 6. The lowest BCUT2D eigenvalue weighted by Crippen LogP contribution is -2.25. The molecule has 0 saturated carbocycles. The second-order valence-electron chi connectivity index (χ2n) is 5.67. The summed E-state index contributed by atoms with van der Waals surface area (Å²) in [6.07, 6.45) is -1.03. The Morgan fingerprint density at radius 3 is 2.33 bits per heavy atom. The topological polar surface area (TPSA) is 98.8 Å². The summed E-state index contributed by atoms with van der Waals surface area (Å²) in [5.41, 5.74) is 0.419. The third kappa shape index (κ3) is 5.15. The van der Waals surface area contributed by atoms with E-state index in [-0.39, 0.29) is 22.8 Å². The number of sulfonamides is 1. The molecule has 0 aliphatic rings. The molecule has 0 radical (unpaired) electrons. The Bertz CT molecular complexity index is 921. The van der Waals surface area contributed by atoms with E-state index in [1.165, 1.54) is 38.3 Å². The van der Waals surface area contributed by atoms with Gasteiger partial charge in [-0.05, 0) is 49.4 Å². The number of Topliss-reactive ketones (excluding diaryl/α,β-unsaturated/α-hetero) is 1. The van der Waals surface area contributed by atoms with Crippen LogP contribution in [0.25, 0.3) is 0 Å². The van der Waals surface area contributed by atoms with E-state index in [9.17, 15) is 18.0 Å². The van der Waals surface area contributed by atoms with E-state index in [1.54, 1.807) is 31.2 Å². The average molecular weight is 391 g/mol. The van der Waals surface area contributed by atoms with Gasteiger partial charge in [0.1, 0.15) is 5.75 Å². The normalized spacial score (nSPS) is 12.3. The molecule has 0 bridgehead atoms. The molecule has 7 nitrogen and oxygen atoms in total. The van der Waals surface area contributed by atoms with Gasteiger partial charge in [0.2, 0.25) is 15.8 Å². The van der Waals surface area contributed by atoms with Crippen molar-refractivity contribution in [3.63, 3.8) is 0 Å². The maximum Gasteiger partial charge on any atom is 0.338 e. The summed E-state index contributed by atoms with van der Waals surface area (Å²) in [5.74, 6) is -0.546. The minimum atomic E-state index is -3.70. The number of ether oxygens (including phenoxy) is 2. The first-order chi connectivity index (χ1) is 12.8. The average Bonchev–Trinajstić information content (AvgIpc) is 2.67. The van der Waals surface area contributed by atoms with Crippen molar-refractivity contribution in [2.75, 3.05) is 13.7 Å². The molecule has 2 aromatic carbocycles. The van der Waals surface area contributed by atoms with Crippen molar-refractivity contribution in [1.29, 1.82) is 0 Å². The summed E-state index contributed by atoms with van der Waals surface area (Å²) in [6, 6.07) is 11.9. The maximum atomic E-state index is 12.4. The van der Waals surface area contributed by atoms with E-state index in [2.05, 4.69) is 4.72 Å². The van der Waals surface area contributed by atoms with Crippen LogP contribution in [-0.4, -0.2) is 39.9 Å². The van der Waals surface area contributed by atoms with E-state index in [0.717, 1.165) is 0 Å². The van der Waals surface area contributed by atoms with Gasteiger partial charge in [0.05, 0.1) is 17.6 Å². The van der Waals surface area contributed by atoms with Crippen LogP contribution in [0.15, 0.2) is 53.4 Å². The Morgan fingerprint density at radius 2 is 1.74 bits per heavy atom. The number of benzene rings is 2. The molecule has 8 heteroatoms. The maximum absolute atomic E-state index is 12.4. The van der Waals surface area contributed by atoms with Gasteiger partial charge in [-0.25, -0.2) is 17.9 Å². The van der Waals surface area contributed by atoms with Crippen LogP contribution in [0.2, 0.25) is 0 Å². The number of esters is 1. The fraction of sp³-hybridized carbons (Fsp3) is 0.263. The lowest BCUT2D eigenvalue weighted by molar-refractivity contribution is 0.0318. The van der Waals surface area contributed by atoms with Gasteiger partial charge in [-0.1, -0.05) is 13.0 Å². The predicted octanol–water partition coefficient (Wildman–Crippen LogP) is 2.42. The van der Waals surface area contributed by atoms with Crippen LogP contribution in [0.3, 0.4) is 0 Å². The van der Waals surface area contributed by atoms with Gasteiger partial charge >= 0.3 is 5.97 Å². The number of rotatable bonds is 8. The zero-order valence-electron chi connectivity index (χ0n) is 15.3. The van der Waals surface area contributed by atoms with E-state index in [0.29, 0.717) is 11.3 Å². The standard InChI is InChI=1S/C19H21NO6S/c1-4-20-27(23,24)17-7-5-6-15(12-17)19(22)26-13(2)18(21)14-8-10-16(25-3)11-9-14/h5-13,20H,4H2,1-3H3. The number of carbonyl (C=O) groups is 2. The lowest BCUT2D eigenvalue weighted by atomic mass is 10.1. The highest BCUT2D eigenvalue weighted by Gasteiger charge is 2.22. The van der Waals surface area contributed by atoms with E-state index < -0.39 is 22.1 Å². The van der Waals surface area contributed by atoms with Crippen molar-refractivity contribution in [3.8, 4) is 5.75 Å². The van der Waals surface area contributed by atoms with Gasteiger partial charge in [0.25, 0.3) is 0 Å². The molecule has 0 aromatic heterocycles. The molecule has 144 valence electrons. The van der Waals surface area contributed by atoms with Crippen LogP contribution in [0, 0.1) is 0 Å². The third-order valence-electron chi connectivity index (χ3n) is 3.74. The number of hydrogen-bond donors (Lipinski definition) is 1. The van der Waals surface area contributed by atoms with Gasteiger partial charge in [0.15, 0.2) is 6.10 Å². The quantitative estimate of drug-likeness (QED) is 0.548. The molecule has 2 aromatic rings. The van der Waals surface area contributed by atoms with Gasteiger partial charge in [-0.15, -0.1) is 0 Å². The summed E-state index contributed by atoms with van der Waals surface area (Å²) in [5, 5.41) is 0. The second-order valence-corrected chi connectivity index (χ2v) is 7.44. The fourth-order valence-corrected chi connectivity index (χ4v) is 3.42. The van der Waals surface area contributed by atoms with Gasteiger partial charge in [0, 0.05) is 12.1 Å². The third-order valence-corrected chi connectivity index (χ3v) is 5.29. The summed E-state index contributed by atoms with van der Waals surface area (Å²) in [7, 11) is -2.18. The number of methoxy groups -OCH3 is 1. The van der Waals surface area contributed by atoms with Crippen LogP contribution in [0.4, 0.5) is 0 Å². The molecule has 0 fully saturated rings. The summed E-state index contributed by atoms with van der Waals surface area (Å²) in [6.45, 7) is 3.34. The van der Waals surface area contributed by atoms with Crippen molar-refractivity contribution in [2.24, 2.45) is 0 Å². The lowest BCUT2D eigenvalue weighted by Gasteiger charge is -2.13. The molecule has 0 spiro atoms. The van der Waals surface area contributed by atoms with Gasteiger partial charge in [-0.3, -0.25) is 4.79 Å². The second kappa shape index (κ2) is 8.79. The zero-order valence-corrected chi connectivity index (χ0v) is 16.1. The highest BCUT2D eigenvalue weighted by molar-refractivity contribution is 7.89. The van der Waals surface area contributed by atoms with Gasteiger partial charge in [-0.2, -0.15) is 0 Å². The largest absolute Gasteiger partial charge is 0.497 e. The predicted molar refractivity (Wildman–Crippen MR) is 99.5 cm³/mol. The monoisotopic (exact) mass is 391 g/mol. The Morgan fingerprint density at radius 1 is 1.07 bits per heavy atom. The first-order valence-corrected chi connectivity index (χ1v) is 9.75. The number of nitrogens with one attached hydrogen (secondary N) is 1. The first kappa shape index (κ1) is 20.6. The Hall–Kier alpha value is -2.71. The van der Waals surface area contributed by atoms with Crippen molar-refractivity contribution in [1.82, 2.24) is 4.72 Å². The molecule has 0 amide bonds. The molecule has 2 rings (SSSR count). The highest BCUT2D eigenvalue weighted by Crippen LogP contribution is 2.16. The molecule has 0 aliphatic carbocycles. The molecule has 0 heterocycles. The molecular formula is C19H21NO6S. The molecular weight excluding hydrogens is 370 g/mol. The number of ketones is 1. The summed E-state index contributed by atoms with van der Waals surface area (Å²) < 4.78 is 36.7. The summed E-state index contributed by atoms with van der Waals surface area (Å²) >= 11 is 0. The van der Waals surface area contributed by atoms with Crippen LogP contribution >= 0.6 is 0 Å². The smallest absolute Gasteiger partial charge is 0.338 e. The van der Waals surface area contributed by atoms with Crippen molar-refractivity contribution in [3.05, 3.63) is 59.7 Å². The Labute approximate surface area is 158 Å². The van der Waals surface area contributed by atoms with Crippen LogP contribution in [0.1, 0.15) is 34.6 Å². The SMILES string of the molecule is CCNS(=O)(=O)c1cccc(C(=O)OC(C)C(=O)c2ccc(OC)cc2)c1. The molecule has 1 unspecified atom stereocenters. The van der Waals surface area contributed by atoms with Crippen molar-refractivity contribution >= 4 is 21.8 Å². The van der Waals surface area contributed by atoms with Gasteiger partial charge < -0.3 is 9.47 Å². The molecule has 0 saturated heterocycles. The van der Waals surface area contributed by atoms with E-state index >= 15 is 0 Å². The summed E-state index contributed by atoms with van der Waals surface area (Å²) in [4.78, 5) is 24.7. The minimum absolute atomic E-state index is 0.0448. The van der Waals surface area contributed by atoms with E-state index in [1.807, 2.05) is 0 Å². The van der Waals surface area contributed by atoms with Crippen LogP contribution in [-0.2, 0) is 14.8 Å². The fourth-order valence-electron chi connectivity index (χ4n) is 2.34. The van der Waals surface area contributed by atoms with Crippen molar-refractivity contribution in [2.45, 2.75) is 24.8 Å². The zero-order chi connectivity index (χ0) is 20.0. The molecule has 1 atom stereocenters. The highest BCUT2D eigenvalue weighted by atomic mass is 32.2. The van der Waals surface area contributed by atoms with E-state index in [4.69, 9.17) is 9.47 Å². The molecule has 1 N–H and O–H groups in total.